The normalized spacial score (nSPS) is 18.3. The molecular formula is C16H26N4O. The van der Waals surface area contributed by atoms with E-state index in [-0.39, 0.29) is 5.84 Å². The fourth-order valence-electron chi connectivity index (χ4n) is 2.94. The van der Waals surface area contributed by atoms with Gasteiger partial charge in [-0.25, -0.2) is 0 Å². The van der Waals surface area contributed by atoms with E-state index in [1.54, 1.807) is 0 Å². The summed E-state index contributed by atoms with van der Waals surface area (Å²) < 4.78 is 0. The van der Waals surface area contributed by atoms with Gasteiger partial charge in [0.25, 0.3) is 0 Å². The second kappa shape index (κ2) is 7.43. The Labute approximate surface area is 127 Å². The number of oxime groups is 1. The lowest BCUT2D eigenvalue weighted by molar-refractivity contribution is 0.157. The van der Waals surface area contributed by atoms with Gasteiger partial charge in [-0.15, -0.1) is 0 Å². The number of likely N-dealkylation sites (tertiary alicyclic amines) is 1. The Bertz CT molecular complexity index is 462. The number of nitrogens with zero attached hydrogens (tertiary/aromatic N) is 3. The second-order valence-corrected chi connectivity index (χ2v) is 6.16. The quantitative estimate of drug-likeness (QED) is 0.374. The maximum absolute atomic E-state index is 8.66. The largest absolute Gasteiger partial charge is 0.409 e. The molecule has 5 heteroatoms. The molecule has 2 rings (SSSR count). The molecule has 0 bridgehead atoms. The van der Waals surface area contributed by atoms with Crippen molar-refractivity contribution < 1.29 is 5.21 Å². The third-order valence-electron chi connectivity index (χ3n) is 4.09. The summed E-state index contributed by atoms with van der Waals surface area (Å²) in [6.45, 7) is 4.51. The molecule has 0 atom stereocenters. The Hall–Kier alpha value is -1.59. The summed E-state index contributed by atoms with van der Waals surface area (Å²) in [5.74, 6) is 0.991. The van der Waals surface area contributed by atoms with E-state index in [1.807, 2.05) is 12.1 Å². The number of hydrogen-bond acceptors (Lipinski definition) is 4. The van der Waals surface area contributed by atoms with Crippen molar-refractivity contribution in [2.75, 3.05) is 33.7 Å². The molecular weight excluding hydrogens is 264 g/mol. The number of rotatable bonds is 5. The number of amidine groups is 1. The molecule has 0 radical (unpaired) electrons. The minimum atomic E-state index is 0.158. The van der Waals surface area contributed by atoms with E-state index >= 15 is 0 Å². The van der Waals surface area contributed by atoms with Crippen LogP contribution in [0.2, 0.25) is 0 Å². The van der Waals surface area contributed by atoms with Crippen LogP contribution in [0.5, 0.6) is 0 Å². The van der Waals surface area contributed by atoms with Gasteiger partial charge in [0, 0.05) is 18.7 Å². The van der Waals surface area contributed by atoms with Crippen LogP contribution in [0.4, 0.5) is 0 Å². The van der Waals surface area contributed by atoms with Crippen LogP contribution in [0.3, 0.4) is 0 Å². The predicted molar refractivity (Wildman–Crippen MR) is 85.5 cm³/mol. The van der Waals surface area contributed by atoms with Gasteiger partial charge in [0.15, 0.2) is 5.84 Å². The first-order chi connectivity index (χ1) is 10.1. The van der Waals surface area contributed by atoms with E-state index in [0.29, 0.717) is 0 Å². The van der Waals surface area contributed by atoms with Crippen molar-refractivity contribution in [1.29, 1.82) is 0 Å². The first-order valence-electron chi connectivity index (χ1n) is 7.52. The summed E-state index contributed by atoms with van der Waals surface area (Å²) in [4.78, 5) is 4.79. The zero-order valence-electron chi connectivity index (χ0n) is 13.0. The van der Waals surface area contributed by atoms with E-state index in [9.17, 15) is 0 Å². The molecule has 1 fully saturated rings. The molecule has 1 aromatic carbocycles. The molecule has 1 aliphatic heterocycles. The molecule has 1 heterocycles. The van der Waals surface area contributed by atoms with Crippen molar-refractivity contribution in [1.82, 2.24) is 9.80 Å². The van der Waals surface area contributed by atoms with Crippen LogP contribution >= 0.6 is 0 Å². The first kappa shape index (κ1) is 15.8. The second-order valence-electron chi connectivity index (χ2n) is 6.16. The lowest BCUT2D eigenvalue weighted by Crippen LogP contribution is -2.36. The summed E-state index contributed by atoms with van der Waals surface area (Å²) in [5.41, 5.74) is 7.60. The fourth-order valence-corrected chi connectivity index (χ4v) is 2.94. The van der Waals surface area contributed by atoms with Crippen LogP contribution in [-0.2, 0) is 6.54 Å². The third-order valence-corrected chi connectivity index (χ3v) is 4.09. The minimum absolute atomic E-state index is 0.158. The van der Waals surface area contributed by atoms with E-state index < -0.39 is 0 Å². The van der Waals surface area contributed by atoms with Gasteiger partial charge in [-0.05, 0) is 51.5 Å². The monoisotopic (exact) mass is 290 g/mol. The molecule has 3 N–H and O–H groups in total. The lowest BCUT2D eigenvalue weighted by Gasteiger charge is -2.33. The highest BCUT2D eigenvalue weighted by atomic mass is 16.4. The van der Waals surface area contributed by atoms with Gasteiger partial charge in [0.2, 0.25) is 0 Å². The van der Waals surface area contributed by atoms with E-state index in [1.165, 1.54) is 38.0 Å². The number of benzene rings is 1. The SMILES string of the molecule is CN(C)CC1CCN(Cc2ccc(C(N)=NO)cc2)CC1. The standard InChI is InChI=1S/C16H26N4O/c1-19(2)11-14-7-9-20(10-8-14)12-13-3-5-15(6-4-13)16(17)18-21/h3-6,14,21H,7-12H2,1-2H3,(H2,17,18). The minimum Gasteiger partial charge on any atom is -0.409 e. The van der Waals surface area contributed by atoms with Gasteiger partial charge in [-0.1, -0.05) is 29.4 Å². The Morgan fingerprint density at radius 2 is 1.90 bits per heavy atom. The molecule has 116 valence electrons. The summed E-state index contributed by atoms with van der Waals surface area (Å²) in [6, 6.07) is 7.92. The van der Waals surface area contributed by atoms with Gasteiger partial charge in [0.1, 0.15) is 0 Å². The summed E-state index contributed by atoms with van der Waals surface area (Å²) >= 11 is 0. The topological polar surface area (TPSA) is 65.1 Å². The van der Waals surface area contributed by atoms with Crippen molar-refractivity contribution in [2.24, 2.45) is 16.8 Å². The summed E-state index contributed by atoms with van der Waals surface area (Å²) in [5, 5.41) is 11.7. The molecule has 1 saturated heterocycles. The molecule has 0 saturated carbocycles. The third kappa shape index (κ3) is 4.72. The molecule has 0 unspecified atom stereocenters. The summed E-state index contributed by atoms with van der Waals surface area (Å²) in [6.07, 6.45) is 2.56. The van der Waals surface area contributed by atoms with Crippen molar-refractivity contribution in [3.8, 4) is 0 Å². The average molecular weight is 290 g/mol. The molecule has 1 aromatic rings. The molecule has 1 aliphatic rings. The number of nitrogens with two attached hydrogens (primary N) is 1. The Morgan fingerprint density at radius 1 is 1.29 bits per heavy atom. The van der Waals surface area contributed by atoms with Crippen LogP contribution in [-0.4, -0.2) is 54.6 Å². The highest BCUT2D eigenvalue weighted by Gasteiger charge is 2.19. The van der Waals surface area contributed by atoms with Gasteiger partial charge in [0.05, 0.1) is 0 Å². The highest BCUT2D eigenvalue weighted by Crippen LogP contribution is 2.19. The van der Waals surface area contributed by atoms with E-state index in [0.717, 1.165) is 18.0 Å². The van der Waals surface area contributed by atoms with E-state index in [2.05, 4.69) is 41.2 Å². The van der Waals surface area contributed by atoms with Crippen molar-refractivity contribution in [2.45, 2.75) is 19.4 Å². The maximum atomic E-state index is 8.66. The zero-order valence-corrected chi connectivity index (χ0v) is 13.0. The van der Waals surface area contributed by atoms with Gasteiger partial charge >= 0.3 is 0 Å². The molecule has 0 aromatic heterocycles. The van der Waals surface area contributed by atoms with Gasteiger partial charge in [-0.3, -0.25) is 4.90 Å². The Kier molecular flexibility index (Phi) is 5.59. The molecule has 0 aliphatic carbocycles. The van der Waals surface area contributed by atoms with Crippen LogP contribution in [0.15, 0.2) is 29.4 Å². The Morgan fingerprint density at radius 3 is 2.43 bits per heavy atom. The Balaban J connectivity index is 1.83. The highest BCUT2D eigenvalue weighted by molar-refractivity contribution is 5.96. The van der Waals surface area contributed by atoms with Crippen LogP contribution in [0.25, 0.3) is 0 Å². The summed E-state index contributed by atoms with van der Waals surface area (Å²) in [7, 11) is 4.30. The molecule has 0 amide bonds. The molecule has 5 nitrogen and oxygen atoms in total. The average Bonchev–Trinajstić information content (AvgIpc) is 2.49. The lowest BCUT2D eigenvalue weighted by atomic mass is 9.96. The number of hydrogen-bond donors (Lipinski definition) is 2. The van der Waals surface area contributed by atoms with Gasteiger partial charge in [-0.2, -0.15) is 0 Å². The first-order valence-corrected chi connectivity index (χ1v) is 7.52. The maximum Gasteiger partial charge on any atom is 0.170 e. The smallest absolute Gasteiger partial charge is 0.170 e. The molecule has 21 heavy (non-hydrogen) atoms. The van der Waals surface area contributed by atoms with E-state index in [4.69, 9.17) is 10.9 Å². The van der Waals surface area contributed by atoms with Crippen molar-refractivity contribution >= 4 is 5.84 Å². The van der Waals surface area contributed by atoms with Crippen molar-refractivity contribution in [3.63, 3.8) is 0 Å². The number of piperidine rings is 1. The van der Waals surface area contributed by atoms with Crippen LogP contribution < -0.4 is 5.73 Å². The predicted octanol–water partition coefficient (Wildman–Crippen LogP) is 1.55. The van der Waals surface area contributed by atoms with Crippen LogP contribution in [0, 0.1) is 5.92 Å². The zero-order chi connectivity index (χ0) is 15.2. The fraction of sp³-hybridized carbons (Fsp3) is 0.562. The van der Waals surface area contributed by atoms with Crippen LogP contribution in [0.1, 0.15) is 24.0 Å². The van der Waals surface area contributed by atoms with Crippen molar-refractivity contribution in [3.05, 3.63) is 35.4 Å². The molecule has 0 spiro atoms. The van der Waals surface area contributed by atoms with Gasteiger partial charge < -0.3 is 15.8 Å².